The summed E-state index contributed by atoms with van der Waals surface area (Å²) >= 11 is 0. The van der Waals surface area contributed by atoms with Crippen LogP contribution in [0.1, 0.15) is 60.7 Å². The summed E-state index contributed by atoms with van der Waals surface area (Å²) in [5.74, 6) is -0.835. The highest BCUT2D eigenvalue weighted by atomic mass is 16.6. The van der Waals surface area contributed by atoms with Crippen LogP contribution in [0.4, 0.5) is 0 Å². The third-order valence-corrected chi connectivity index (χ3v) is 7.71. The Hall–Kier alpha value is -3.51. The number of nitrogens with one attached hydrogen (secondary N) is 1. The summed E-state index contributed by atoms with van der Waals surface area (Å²) < 4.78 is 22.4. The zero-order chi connectivity index (χ0) is 31.7. The highest BCUT2D eigenvalue weighted by Crippen LogP contribution is 2.33. The van der Waals surface area contributed by atoms with Crippen LogP contribution in [-0.4, -0.2) is 91.8 Å². The maximum Gasteiger partial charge on any atom is 0.306 e. The molecule has 0 aliphatic carbocycles. The van der Waals surface area contributed by atoms with Gasteiger partial charge in [0.15, 0.2) is 0 Å². The molecule has 2 aliphatic heterocycles. The first-order chi connectivity index (χ1) is 21.1. The number of hydrogen-bond acceptors (Lipinski definition) is 9. The lowest BCUT2D eigenvalue weighted by Crippen LogP contribution is -2.50. The highest BCUT2D eigenvalue weighted by molar-refractivity contribution is 6.01. The van der Waals surface area contributed by atoms with E-state index in [1.165, 1.54) is 10.5 Å². The summed E-state index contributed by atoms with van der Waals surface area (Å²) in [7, 11) is 1.70. The van der Waals surface area contributed by atoms with E-state index >= 15 is 0 Å². The van der Waals surface area contributed by atoms with Crippen LogP contribution in [0.3, 0.4) is 0 Å². The fraction of sp³-hybridized carbons (Fsp3) is 0.545. The number of ether oxygens (including phenoxy) is 4. The number of carbonyl (C=O) groups excluding carboxylic acids is 3. The molecule has 1 unspecified atom stereocenters. The summed E-state index contributed by atoms with van der Waals surface area (Å²) in [5, 5.41) is 3.44. The molecule has 240 valence electrons. The number of benzene rings is 2. The van der Waals surface area contributed by atoms with E-state index in [2.05, 4.69) is 34.5 Å². The first kappa shape index (κ1) is 33.4. The quantitative estimate of drug-likeness (QED) is 0.231. The fourth-order valence-corrected chi connectivity index (χ4v) is 5.48. The van der Waals surface area contributed by atoms with Crippen molar-refractivity contribution in [1.82, 2.24) is 15.1 Å². The van der Waals surface area contributed by atoms with Gasteiger partial charge in [0.25, 0.3) is 5.91 Å². The summed E-state index contributed by atoms with van der Waals surface area (Å²) in [5.41, 5.74) is 8.42. The monoisotopic (exact) mass is 610 g/mol. The number of morpholine rings is 1. The molecule has 11 nitrogen and oxygen atoms in total. The summed E-state index contributed by atoms with van der Waals surface area (Å²) in [6, 6.07) is 13.0. The standard InChI is InChI=1S/C33H46N4O7/c1-33(2,3)44-30(38)13-12-28(31(34)39)37-20-27-26(32(37)40)6-5-7-29(27)43-21-24-10-8-23(9-11-24)19-36-15-17-42-22-25(36)18-35-14-16-41-4/h5-11,25,28,35H,12-22H2,1-4H3,(H2,34,39)/t25?,28-/m0/s1. The van der Waals surface area contributed by atoms with Crippen molar-refractivity contribution in [3.8, 4) is 5.75 Å². The lowest BCUT2D eigenvalue weighted by atomic mass is 10.1. The summed E-state index contributed by atoms with van der Waals surface area (Å²) in [6.07, 6.45) is 0.0594. The number of carbonyl (C=O) groups is 3. The SMILES string of the molecule is COCCNCC1COCCN1Cc1ccc(COc2cccc3c2CN([C@@H](CCC(=O)OC(C)(C)C)C(N)=O)C3=O)cc1. The second-order valence-electron chi connectivity index (χ2n) is 12.3. The topological polar surface area (TPSA) is 133 Å². The smallest absolute Gasteiger partial charge is 0.306 e. The molecule has 4 rings (SSSR count). The predicted octanol–water partition coefficient (Wildman–Crippen LogP) is 2.63. The number of fused-ring (bicyclic) bond motifs is 1. The molecule has 2 aromatic rings. The Morgan fingerprint density at radius 2 is 1.89 bits per heavy atom. The second kappa shape index (κ2) is 15.5. The molecule has 2 amide bonds. The Kier molecular flexibility index (Phi) is 11.7. The van der Waals surface area contributed by atoms with Gasteiger partial charge in [0, 0.05) is 56.9 Å². The lowest BCUT2D eigenvalue weighted by Gasteiger charge is -2.35. The van der Waals surface area contributed by atoms with E-state index < -0.39 is 23.5 Å². The molecule has 0 aromatic heterocycles. The molecule has 2 aromatic carbocycles. The van der Waals surface area contributed by atoms with Crippen molar-refractivity contribution in [2.75, 3.05) is 46.6 Å². The van der Waals surface area contributed by atoms with Crippen molar-refractivity contribution >= 4 is 17.8 Å². The van der Waals surface area contributed by atoms with E-state index in [1.54, 1.807) is 40.0 Å². The summed E-state index contributed by atoms with van der Waals surface area (Å²) in [6.45, 7) is 11.3. The average molecular weight is 611 g/mol. The number of hydrogen-bond donors (Lipinski definition) is 2. The van der Waals surface area contributed by atoms with E-state index in [0.717, 1.165) is 38.3 Å². The van der Waals surface area contributed by atoms with Crippen LogP contribution >= 0.6 is 0 Å². The van der Waals surface area contributed by atoms with Crippen molar-refractivity contribution in [3.05, 3.63) is 64.7 Å². The van der Waals surface area contributed by atoms with Gasteiger partial charge < -0.3 is 34.9 Å². The van der Waals surface area contributed by atoms with Gasteiger partial charge in [-0.05, 0) is 50.5 Å². The van der Waals surface area contributed by atoms with E-state index in [1.807, 2.05) is 6.07 Å². The first-order valence-electron chi connectivity index (χ1n) is 15.2. The van der Waals surface area contributed by atoms with Crippen molar-refractivity contribution in [2.45, 2.75) is 71.0 Å². The molecule has 44 heavy (non-hydrogen) atoms. The van der Waals surface area contributed by atoms with Crippen LogP contribution in [0.2, 0.25) is 0 Å². The van der Waals surface area contributed by atoms with Gasteiger partial charge in [0.1, 0.15) is 24.0 Å². The minimum absolute atomic E-state index is 0.0260. The third-order valence-electron chi connectivity index (χ3n) is 7.71. The van der Waals surface area contributed by atoms with Crippen LogP contribution in [0, 0.1) is 0 Å². The molecule has 2 aliphatic rings. The Morgan fingerprint density at radius 3 is 2.59 bits per heavy atom. The molecule has 2 heterocycles. The predicted molar refractivity (Wildman–Crippen MR) is 165 cm³/mol. The number of primary amides is 1. The molecule has 11 heteroatoms. The third kappa shape index (κ3) is 9.25. The Labute approximate surface area is 259 Å². The van der Waals surface area contributed by atoms with Crippen LogP contribution < -0.4 is 15.8 Å². The number of methoxy groups -OCH3 is 1. The lowest BCUT2D eigenvalue weighted by molar-refractivity contribution is -0.155. The number of amides is 2. The molecular weight excluding hydrogens is 564 g/mol. The fourth-order valence-electron chi connectivity index (χ4n) is 5.48. The van der Waals surface area contributed by atoms with Gasteiger partial charge in [-0.3, -0.25) is 19.3 Å². The number of esters is 1. The molecule has 0 spiro atoms. The largest absolute Gasteiger partial charge is 0.489 e. The molecular formula is C33H46N4O7. The van der Waals surface area contributed by atoms with Gasteiger partial charge in [-0.1, -0.05) is 30.3 Å². The van der Waals surface area contributed by atoms with E-state index in [0.29, 0.717) is 42.7 Å². The van der Waals surface area contributed by atoms with E-state index in [9.17, 15) is 14.4 Å². The van der Waals surface area contributed by atoms with Crippen LogP contribution in [0.15, 0.2) is 42.5 Å². The molecule has 2 atom stereocenters. The maximum atomic E-state index is 13.3. The Balaban J connectivity index is 1.34. The van der Waals surface area contributed by atoms with Gasteiger partial charge in [-0.15, -0.1) is 0 Å². The van der Waals surface area contributed by atoms with Crippen LogP contribution in [0.5, 0.6) is 5.75 Å². The van der Waals surface area contributed by atoms with E-state index in [4.69, 9.17) is 24.7 Å². The van der Waals surface area contributed by atoms with Gasteiger partial charge in [0.2, 0.25) is 5.91 Å². The average Bonchev–Trinajstić information content (AvgIpc) is 3.31. The molecule has 3 N–H and O–H groups in total. The van der Waals surface area contributed by atoms with Crippen molar-refractivity contribution in [1.29, 1.82) is 0 Å². The number of nitrogens with zero attached hydrogens (tertiary/aromatic N) is 2. The van der Waals surface area contributed by atoms with Crippen molar-refractivity contribution in [3.63, 3.8) is 0 Å². The van der Waals surface area contributed by atoms with Crippen molar-refractivity contribution in [2.24, 2.45) is 5.73 Å². The number of nitrogens with two attached hydrogens (primary N) is 1. The molecule has 1 saturated heterocycles. The minimum Gasteiger partial charge on any atom is -0.489 e. The molecule has 0 bridgehead atoms. The van der Waals surface area contributed by atoms with E-state index in [-0.39, 0.29) is 25.3 Å². The normalized spacial score (nSPS) is 17.8. The maximum absolute atomic E-state index is 13.3. The van der Waals surface area contributed by atoms with Crippen LogP contribution in [0.25, 0.3) is 0 Å². The minimum atomic E-state index is -0.935. The second-order valence-corrected chi connectivity index (χ2v) is 12.3. The zero-order valence-electron chi connectivity index (χ0n) is 26.3. The van der Waals surface area contributed by atoms with Crippen LogP contribution in [-0.2, 0) is 43.5 Å². The van der Waals surface area contributed by atoms with Gasteiger partial charge in [-0.2, -0.15) is 0 Å². The zero-order valence-corrected chi connectivity index (χ0v) is 26.3. The summed E-state index contributed by atoms with van der Waals surface area (Å²) in [4.78, 5) is 41.7. The van der Waals surface area contributed by atoms with Gasteiger partial charge >= 0.3 is 5.97 Å². The molecule has 0 radical (unpaired) electrons. The van der Waals surface area contributed by atoms with Gasteiger partial charge in [-0.25, -0.2) is 0 Å². The first-order valence-corrected chi connectivity index (χ1v) is 15.2. The highest BCUT2D eigenvalue weighted by Gasteiger charge is 2.37. The Morgan fingerprint density at radius 1 is 1.14 bits per heavy atom. The van der Waals surface area contributed by atoms with Gasteiger partial charge in [0.05, 0.1) is 26.4 Å². The number of rotatable bonds is 15. The molecule has 1 fully saturated rings. The van der Waals surface area contributed by atoms with Crippen molar-refractivity contribution < 1.29 is 33.3 Å². The molecule has 0 saturated carbocycles. The Bertz CT molecular complexity index is 1280.